The highest BCUT2D eigenvalue weighted by Crippen LogP contribution is 2.30. The average molecular weight is 464 g/mol. The first-order valence-electron chi connectivity index (χ1n) is 11.3. The topological polar surface area (TPSA) is 111 Å². The number of carboxylic acid groups (broad SMARTS) is 1. The summed E-state index contributed by atoms with van der Waals surface area (Å²) in [5, 5.41) is 25.7. The Balaban J connectivity index is 1.69. The summed E-state index contributed by atoms with van der Waals surface area (Å²) in [6, 6.07) is 21.2. The number of benzene rings is 2. The number of aryl methyl sites for hydroxylation is 1. The van der Waals surface area contributed by atoms with Crippen molar-refractivity contribution < 1.29 is 9.90 Å². The molecule has 4 rings (SSSR count). The van der Waals surface area contributed by atoms with Crippen LogP contribution in [0.4, 0.5) is 11.4 Å². The minimum absolute atomic E-state index is 0.216. The molecule has 0 saturated heterocycles. The fraction of sp³-hybridized carbons (Fsp3) is 0.143. The van der Waals surface area contributed by atoms with E-state index in [-0.39, 0.29) is 6.04 Å². The van der Waals surface area contributed by atoms with Crippen molar-refractivity contribution in [2.75, 3.05) is 10.6 Å². The van der Waals surface area contributed by atoms with Crippen molar-refractivity contribution in [2.24, 2.45) is 0 Å². The molecule has 174 valence electrons. The van der Waals surface area contributed by atoms with Crippen LogP contribution in [-0.4, -0.2) is 21.0 Å². The first-order chi connectivity index (χ1) is 17.1. The zero-order valence-corrected chi connectivity index (χ0v) is 19.2. The lowest BCUT2D eigenvalue weighted by molar-refractivity contribution is -0.138. The number of hydrogen-bond acceptors (Lipinski definition) is 6. The summed E-state index contributed by atoms with van der Waals surface area (Å²) in [6.45, 7) is 2.03. The molecule has 0 aliphatic rings. The maximum absolute atomic E-state index is 12.3. The van der Waals surface area contributed by atoms with E-state index in [0.717, 1.165) is 28.8 Å². The second-order valence-corrected chi connectivity index (χ2v) is 8.07. The molecule has 0 fully saturated rings. The SMILES string of the molecule is CCc1cc(NC(c2cccnc2)c2cccnc2)cc(C(Nc2ccc(C#N)cc2)C(=O)O)c1. The van der Waals surface area contributed by atoms with Crippen molar-refractivity contribution in [1.29, 1.82) is 5.26 Å². The van der Waals surface area contributed by atoms with Gasteiger partial charge in [0, 0.05) is 36.2 Å². The maximum atomic E-state index is 12.3. The van der Waals surface area contributed by atoms with Gasteiger partial charge in [-0.3, -0.25) is 9.97 Å². The number of hydrogen-bond donors (Lipinski definition) is 3. The lowest BCUT2D eigenvalue weighted by Crippen LogP contribution is -2.21. The monoisotopic (exact) mass is 463 g/mol. The number of carboxylic acids is 1. The predicted octanol–water partition coefficient (Wildman–Crippen LogP) is 5.35. The molecule has 0 spiro atoms. The van der Waals surface area contributed by atoms with Gasteiger partial charge in [0.15, 0.2) is 6.04 Å². The molecule has 7 nitrogen and oxygen atoms in total. The molecular formula is C28H25N5O2. The van der Waals surface area contributed by atoms with Crippen molar-refractivity contribution in [2.45, 2.75) is 25.4 Å². The summed E-state index contributed by atoms with van der Waals surface area (Å²) in [5.41, 5.74) is 5.50. The third-order valence-electron chi connectivity index (χ3n) is 5.68. The molecule has 0 bridgehead atoms. The molecule has 2 heterocycles. The van der Waals surface area contributed by atoms with E-state index < -0.39 is 12.0 Å². The first-order valence-corrected chi connectivity index (χ1v) is 11.3. The zero-order chi connectivity index (χ0) is 24.6. The van der Waals surface area contributed by atoms with Gasteiger partial charge in [0.05, 0.1) is 17.7 Å². The number of pyridine rings is 2. The maximum Gasteiger partial charge on any atom is 0.330 e. The minimum Gasteiger partial charge on any atom is -0.479 e. The number of aliphatic carboxylic acids is 1. The number of nitriles is 1. The molecule has 2 aromatic carbocycles. The highest BCUT2D eigenvalue weighted by Gasteiger charge is 2.22. The Morgan fingerprint density at radius 1 is 0.914 bits per heavy atom. The van der Waals surface area contributed by atoms with Crippen LogP contribution in [0.25, 0.3) is 0 Å². The van der Waals surface area contributed by atoms with Gasteiger partial charge in [0.1, 0.15) is 0 Å². The fourth-order valence-electron chi connectivity index (χ4n) is 3.89. The van der Waals surface area contributed by atoms with Crippen LogP contribution >= 0.6 is 0 Å². The Bertz CT molecular complexity index is 1280. The molecule has 0 aliphatic heterocycles. The summed E-state index contributed by atoms with van der Waals surface area (Å²) in [5.74, 6) is -0.996. The highest BCUT2D eigenvalue weighted by molar-refractivity contribution is 5.80. The number of anilines is 2. The van der Waals surface area contributed by atoms with Gasteiger partial charge in [-0.05, 0) is 77.2 Å². The standard InChI is InChI=1S/C28H25N5O2/c1-2-19-13-23(27(28(34)35)32-24-9-7-20(16-29)8-10-24)15-25(14-19)33-26(21-5-3-11-30-17-21)22-6-4-12-31-18-22/h3-15,17-18,26-27,32-33H,2H2,1H3,(H,34,35). The summed E-state index contributed by atoms with van der Waals surface area (Å²) in [4.78, 5) is 20.8. The van der Waals surface area contributed by atoms with Crippen molar-refractivity contribution in [3.8, 4) is 6.07 Å². The van der Waals surface area contributed by atoms with Crippen LogP contribution in [0, 0.1) is 11.3 Å². The number of nitrogens with zero attached hydrogens (tertiary/aromatic N) is 3. The van der Waals surface area contributed by atoms with Crippen LogP contribution in [0.1, 0.15) is 46.8 Å². The molecule has 7 heteroatoms. The van der Waals surface area contributed by atoms with Crippen molar-refractivity contribution in [3.05, 3.63) is 119 Å². The Kier molecular flexibility index (Phi) is 7.34. The van der Waals surface area contributed by atoms with Crippen molar-refractivity contribution >= 4 is 17.3 Å². The lowest BCUT2D eigenvalue weighted by Gasteiger charge is -2.23. The summed E-state index contributed by atoms with van der Waals surface area (Å²) in [7, 11) is 0. The van der Waals surface area contributed by atoms with Gasteiger partial charge in [-0.15, -0.1) is 0 Å². The van der Waals surface area contributed by atoms with E-state index in [1.807, 2.05) is 61.8 Å². The largest absolute Gasteiger partial charge is 0.479 e. The number of nitrogens with one attached hydrogen (secondary N) is 2. The van der Waals surface area contributed by atoms with Crippen LogP contribution in [0.2, 0.25) is 0 Å². The summed E-state index contributed by atoms with van der Waals surface area (Å²) >= 11 is 0. The van der Waals surface area contributed by atoms with Gasteiger partial charge in [-0.25, -0.2) is 4.79 Å². The highest BCUT2D eigenvalue weighted by atomic mass is 16.4. The second kappa shape index (κ2) is 10.9. The fourth-order valence-corrected chi connectivity index (χ4v) is 3.89. The van der Waals surface area contributed by atoms with E-state index in [9.17, 15) is 9.90 Å². The molecule has 1 atom stereocenters. The summed E-state index contributed by atoms with van der Waals surface area (Å²) in [6.07, 6.45) is 7.82. The Morgan fingerprint density at radius 2 is 1.57 bits per heavy atom. The zero-order valence-electron chi connectivity index (χ0n) is 19.2. The average Bonchev–Trinajstić information content (AvgIpc) is 2.91. The molecule has 0 saturated carbocycles. The van der Waals surface area contributed by atoms with Crippen LogP contribution in [0.3, 0.4) is 0 Å². The van der Waals surface area contributed by atoms with E-state index in [2.05, 4.69) is 26.7 Å². The number of carbonyl (C=O) groups is 1. The van der Waals surface area contributed by atoms with Crippen LogP contribution in [0.15, 0.2) is 91.5 Å². The van der Waals surface area contributed by atoms with Gasteiger partial charge < -0.3 is 15.7 Å². The van der Waals surface area contributed by atoms with Gasteiger partial charge >= 0.3 is 5.97 Å². The molecule has 0 aliphatic carbocycles. The lowest BCUT2D eigenvalue weighted by atomic mass is 9.98. The molecular weight excluding hydrogens is 438 g/mol. The first kappa shape index (κ1) is 23.5. The third kappa shape index (κ3) is 5.81. The van der Waals surface area contributed by atoms with E-state index in [4.69, 9.17) is 5.26 Å². The quantitative estimate of drug-likeness (QED) is 0.307. The van der Waals surface area contributed by atoms with Gasteiger partial charge in [0.2, 0.25) is 0 Å². The van der Waals surface area contributed by atoms with E-state index in [1.165, 1.54) is 0 Å². The van der Waals surface area contributed by atoms with Gasteiger partial charge in [-0.2, -0.15) is 5.26 Å². The summed E-state index contributed by atoms with van der Waals surface area (Å²) < 4.78 is 0. The Hall–Kier alpha value is -4.70. The van der Waals surface area contributed by atoms with E-state index in [1.54, 1.807) is 36.7 Å². The Morgan fingerprint density at radius 3 is 2.09 bits per heavy atom. The molecule has 2 aromatic heterocycles. The van der Waals surface area contributed by atoms with Crippen LogP contribution < -0.4 is 10.6 Å². The van der Waals surface area contributed by atoms with Crippen molar-refractivity contribution in [3.63, 3.8) is 0 Å². The molecule has 3 N–H and O–H groups in total. The molecule has 35 heavy (non-hydrogen) atoms. The third-order valence-corrected chi connectivity index (χ3v) is 5.68. The second-order valence-electron chi connectivity index (χ2n) is 8.07. The normalized spacial score (nSPS) is 11.5. The van der Waals surface area contributed by atoms with Crippen LogP contribution in [-0.2, 0) is 11.2 Å². The van der Waals surface area contributed by atoms with Gasteiger partial charge in [-0.1, -0.05) is 25.1 Å². The molecule has 4 aromatic rings. The van der Waals surface area contributed by atoms with Crippen molar-refractivity contribution in [1.82, 2.24) is 9.97 Å². The molecule has 1 unspecified atom stereocenters. The molecule has 0 radical (unpaired) electrons. The minimum atomic E-state index is -0.996. The smallest absolute Gasteiger partial charge is 0.330 e. The van der Waals surface area contributed by atoms with Gasteiger partial charge in [0.25, 0.3) is 0 Å². The number of rotatable bonds is 9. The van der Waals surface area contributed by atoms with Crippen LogP contribution in [0.5, 0.6) is 0 Å². The predicted molar refractivity (Wildman–Crippen MR) is 135 cm³/mol. The number of aromatic nitrogens is 2. The van der Waals surface area contributed by atoms with E-state index >= 15 is 0 Å². The Labute approximate surface area is 204 Å². The van der Waals surface area contributed by atoms with E-state index in [0.29, 0.717) is 16.8 Å². The molecule has 0 amide bonds.